The molecule has 2 aliphatic carbocycles. The number of carboxylic acid groups (broad SMARTS) is 1. The third-order valence-corrected chi connectivity index (χ3v) is 4.87. The summed E-state index contributed by atoms with van der Waals surface area (Å²) in [7, 11) is 1.61. The van der Waals surface area contributed by atoms with Gasteiger partial charge in [-0.05, 0) is 42.4 Å². The predicted octanol–water partition coefficient (Wildman–Crippen LogP) is 2.33. The van der Waals surface area contributed by atoms with Crippen LogP contribution in [0.3, 0.4) is 0 Å². The summed E-state index contributed by atoms with van der Waals surface area (Å²) in [6.07, 6.45) is 2.91. The van der Waals surface area contributed by atoms with Gasteiger partial charge in [0.05, 0.1) is 18.9 Å². The molecular formula is C16H18O4. The second-order valence-corrected chi connectivity index (χ2v) is 5.74. The number of Topliss-reactive ketones (excluding diaryl/α,β-unsaturated/α-hetero) is 1. The van der Waals surface area contributed by atoms with Crippen LogP contribution in [0, 0.1) is 5.92 Å². The number of ketones is 1. The Bertz CT molecular complexity index is 578. The molecule has 1 N–H and O–H groups in total. The molecule has 2 atom stereocenters. The Morgan fingerprint density at radius 2 is 2.30 bits per heavy atom. The van der Waals surface area contributed by atoms with E-state index in [0.29, 0.717) is 6.42 Å². The van der Waals surface area contributed by atoms with Crippen LogP contribution in [0.5, 0.6) is 5.75 Å². The van der Waals surface area contributed by atoms with E-state index in [2.05, 4.69) is 0 Å². The minimum absolute atomic E-state index is 0.0863. The summed E-state index contributed by atoms with van der Waals surface area (Å²) in [6.45, 7) is 0. The molecule has 0 amide bonds. The van der Waals surface area contributed by atoms with Gasteiger partial charge in [-0.3, -0.25) is 9.59 Å². The Morgan fingerprint density at radius 3 is 3.00 bits per heavy atom. The lowest BCUT2D eigenvalue weighted by molar-refractivity contribution is -0.144. The first-order valence-corrected chi connectivity index (χ1v) is 7.01. The van der Waals surface area contributed by atoms with Crippen LogP contribution in [0.25, 0.3) is 0 Å². The summed E-state index contributed by atoms with van der Waals surface area (Å²) in [4.78, 5) is 23.9. The summed E-state index contributed by atoms with van der Waals surface area (Å²) < 4.78 is 5.39. The number of ether oxygens (including phenoxy) is 1. The average molecular weight is 274 g/mol. The first-order chi connectivity index (χ1) is 9.59. The van der Waals surface area contributed by atoms with Crippen LogP contribution in [-0.2, 0) is 21.4 Å². The molecule has 20 heavy (non-hydrogen) atoms. The number of carboxylic acids is 1. The van der Waals surface area contributed by atoms with Gasteiger partial charge in [-0.2, -0.15) is 0 Å². The average Bonchev–Trinajstić information content (AvgIpc) is 2.74. The second kappa shape index (κ2) is 4.62. The second-order valence-electron chi connectivity index (χ2n) is 5.74. The number of methoxy groups -OCH3 is 1. The number of fused-ring (bicyclic) bond motifs is 3. The fourth-order valence-corrected chi connectivity index (χ4v) is 4.06. The lowest BCUT2D eigenvalue weighted by Gasteiger charge is -2.37. The van der Waals surface area contributed by atoms with Gasteiger partial charge in [0.15, 0.2) is 0 Å². The van der Waals surface area contributed by atoms with E-state index >= 15 is 0 Å². The lowest BCUT2D eigenvalue weighted by Crippen LogP contribution is -2.45. The highest BCUT2D eigenvalue weighted by molar-refractivity contribution is 5.96. The van der Waals surface area contributed by atoms with Crippen LogP contribution in [0.1, 0.15) is 36.8 Å². The summed E-state index contributed by atoms with van der Waals surface area (Å²) in [5.41, 5.74) is 1.08. The van der Waals surface area contributed by atoms with Crippen LogP contribution >= 0.6 is 0 Å². The van der Waals surface area contributed by atoms with Crippen molar-refractivity contribution in [3.05, 3.63) is 29.3 Å². The van der Waals surface area contributed by atoms with Crippen molar-refractivity contribution in [1.29, 1.82) is 0 Å². The van der Waals surface area contributed by atoms with E-state index in [9.17, 15) is 14.7 Å². The molecule has 1 saturated carbocycles. The van der Waals surface area contributed by atoms with Gasteiger partial charge in [-0.15, -0.1) is 0 Å². The normalized spacial score (nSPS) is 27.9. The Labute approximate surface area is 117 Å². The van der Waals surface area contributed by atoms with Crippen LogP contribution < -0.4 is 4.74 Å². The third-order valence-electron chi connectivity index (χ3n) is 4.87. The zero-order valence-electron chi connectivity index (χ0n) is 11.5. The fourth-order valence-electron chi connectivity index (χ4n) is 4.06. The van der Waals surface area contributed by atoms with E-state index in [1.165, 1.54) is 0 Å². The minimum Gasteiger partial charge on any atom is -0.496 e. The first-order valence-electron chi connectivity index (χ1n) is 7.01. The fraction of sp³-hybridized carbons (Fsp3) is 0.500. The molecule has 0 bridgehead atoms. The van der Waals surface area contributed by atoms with Gasteiger partial charge in [-0.25, -0.2) is 0 Å². The molecule has 0 heterocycles. The molecule has 1 aromatic rings. The molecule has 0 radical (unpaired) electrons. The molecule has 3 rings (SSSR count). The van der Waals surface area contributed by atoms with E-state index in [1.54, 1.807) is 7.11 Å². The summed E-state index contributed by atoms with van der Waals surface area (Å²) >= 11 is 0. The van der Waals surface area contributed by atoms with E-state index in [1.807, 2.05) is 18.2 Å². The van der Waals surface area contributed by atoms with Crippen molar-refractivity contribution in [1.82, 2.24) is 0 Å². The van der Waals surface area contributed by atoms with Crippen molar-refractivity contribution in [2.45, 2.75) is 37.5 Å². The molecule has 106 valence electrons. The monoisotopic (exact) mass is 274 g/mol. The third kappa shape index (κ3) is 1.67. The molecule has 0 aliphatic heterocycles. The van der Waals surface area contributed by atoms with Crippen molar-refractivity contribution in [3.63, 3.8) is 0 Å². The predicted molar refractivity (Wildman–Crippen MR) is 73.0 cm³/mol. The van der Waals surface area contributed by atoms with Crippen molar-refractivity contribution < 1.29 is 19.4 Å². The van der Waals surface area contributed by atoms with Gasteiger partial charge in [0.2, 0.25) is 0 Å². The van der Waals surface area contributed by atoms with E-state index < -0.39 is 11.4 Å². The Balaban J connectivity index is 2.19. The summed E-state index contributed by atoms with van der Waals surface area (Å²) in [5.74, 6) is 0.0599. The quantitative estimate of drug-likeness (QED) is 0.918. The van der Waals surface area contributed by atoms with Gasteiger partial charge in [0, 0.05) is 6.42 Å². The van der Waals surface area contributed by atoms with Gasteiger partial charge in [0.1, 0.15) is 11.5 Å². The van der Waals surface area contributed by atoms with Gasteiger partial charge >= 0.3 is 5.97 Å². The van der Waals surface area contributed by atoms with Crippen LogP contribution in [0.15, 0.2) is 18.2 Å². The molecule has 2 unspecified atom stereocenters. The molecule has 0 aromatic heterocycles. The zero-order valence-corrected chi connectivity index (χ0v) is 11.5. The van der Waals surface area contributed by atoms with Crippen LogP contribution in [0.4, 0.5) is 0 Å². The number of benzene rings is 1. The Morgan fingerprint density at radius 1 is 1.50 bits per heavy atom. The summed E-state index contributed by atoms with van der Waals surface area (Å²) in [6, 6.07) is 5.64. The SMILES string of the molecule is COc1cccc2c1CC1CCCC(=O)C21CC(=O)O. The number of aliphatic carboxylic acids is 1. The van der Waals surface area contributed by atoms with Crippen molar-refractivity contribution >= 4 is 11.8 Å². The minimum atomic E-state index is -0.902. The van der Waals surface area contributed by atoms with E-state index in [4.69, 9.17) is 4.74 Å². The maximum absolute atomic E-state index is 12.6. The molecule has 1 fully saturated rings. The largest absolute Gasteiger partial charge is 0.496 e. The van der Waals surface area contributed by atoms with Crippen molar-refractivity contribution in [2.75, 3.05) is 7.11 Å². The topological polar surface area (TPSA) is 63.6 Å². The maximum atomic E-state index is 12.6. The molecule has 2 aliphatic rings. The summed E-state index contributed by atoms with van der Waals surface area (Å²) in [5, 5.41) is 9.29. The number of hydrogen-bond donors (Lipinski definition) is 1. The molecule has 4 heteroatoms. The van der Waals surface area contributed by atoms with Crippen molar-refractivity contribution in [3.8, 4) is 5.75 Å². The number of hydrogen-bond acceptors (Lipinski definition) is 3. The number of carbonyl (C=O) groups is 2. The number of carbonyl (C=O) groups excluding carboxylic acids is 1. The van der Waals surface area contributed by atoms with E-state index in [-0.39, 0.29) is 18.1 Å². The van der Waals surface area contributed by atoms with Gasteiger partial charge in [-0.1, -0.05) is 12.1 Å². The highest BCUT2D eigenvalue weighted by Crippen LogP contribution is 2.53. The van der Waals surface area contributed by atoms with Gasteiger partial charge in [0.25, 0.3) is 0 Å². The standard InChI is InChI=1S/C16H18O4/c1-20-13-6-3-5-12-11(13)8-10-4-2-7-14(17)16(10,12)9-15(18)19/h3,5-6,10H,2,4,7-9H2,1H3,(H,18,19). The smallest absolute Gasteiger partial charge is 0.304 e. The van der Waals surface area contributed by atoms with Gasteiger partial charge < -0.3 is 9.84 Å². The molecule has 1 aromatic carbocycles. The lowest BCUT2D eigenvalue weighted by atomic mass is 9.63. The zero-order chi connectivity index (χ0) is 14.3. The highest BCUT2D eigenvalue weighted by atomic mass is 16.5. The highest BCUT2D eigenvalue weighted by Gasteiger charge is 2.55. The Hall–Kier alpha value is -1.84. The molecule has 0 saturated heterocycles. The van der Waals surface area contributed by atoms with E-state index in [0.717, 1.165) is 36.1 Å². The van der Waals surface area contributed by atoms with Crippen molar-refractivity contribution in [2.24, 2.45) is 5.92 Å². The Kier molecular flexibility index (Phi) is 3.04. The molecule has 0 spiro atoms. The van der Waals surface area contributed by atoms with Crippen LogP contribution in [0.2, 0.25) is 0 Å². The maximum Gasteiger partial charge on any atom is 0.304 e. The number of rotatable bonds is 3. The molecule has 4 nitrogen and oxygen atoms in total. The molecular weight excluding hydrogens is 256 g/mol. The van der Waals surface area contributed by atoms with Crippen LogP contribution in [-0.4, -0.2) is 24.0 Å². The first kappa shape index (κ1) is 13.2.